The Labute approximate surface area is 189 Å². The number of nitrogens with one attached hydrogen (secondary N) is 2. The van der Waals surface area contributed by atoms with Crippen LogP contribution in [-0.4, -0.2) is 16.0 Å². The molecule has 0 saturated heterocycles. The molecule has 0 aliphatic heterocycles. The highest BCUT2D eigenvalue weighted by atomic mass is 19.4. The van der Waals surface area contributed by atoms with Crippen molar-refractivity contribution < 1.29 is 27.1 Å². The molecule has 0 bridgehead atoms. The lowest BCUT2D eigenvalue weighted by atomic mass is 10.2. The van der Waals surface area contributed by atoms with E-state index in [0.29, 0.717) is 11.0 Å². The van der Waals surface area contributed by atoms with E-state index in [2.05, 4.69) is 20.6 Å². The molecule has 2 N–H and O–H groups in total. The molecular weight excluding hydrogens is 454 g/mol. The van der Waals surface area contributed by atoms with Crippen LogP contribution in [0.2, 0.25) is 0 Å². The van der Waals surface area contributed by atoms with Gasteiger partial charge < -0.3 is 15.4 Å². The van der Waals surface area contributed by atoms with Crippen LogP contribution in [-0.2, 0) is 6.18 Å². The first-order valence-corrected chi connectivity index (χ1v) is 9.61. The summed E-state index contributed by atoms with van der Waals surface area (Å²) in [4.78, 5) is 20.4. The topological polar surface area (TPSA) is 99.9 Å². The number of fused-ring (bicyclic) bond motifs is 1. The number of hydrogen-bond acceptors (Lipinski definition) is 5. The molecule has 0 aliphatic rings. The predicted octanol–water partition coefficient (Wildman–Crippen LogP) is 6.10. The summed E-state index contributed by atoms with van der Waals surface area (Å²) >= 11 is 0. The molecule has 1 aromatic heterocycles. The van der Waals surface area contributed by atoms with Gasteiger partial charge in [-0.2, -0.15) is 18.4 Å². The maximum Gasteiger partial charge on any atom is 0.416 e. The SMILES string of the molecule is N#Cc1cnc2ccc(Oc3cc(NC(=O)Nc4cccc(C(F)(F)F)c4)ccc3F)cc2n1. The fraction of sp³-hybridized carbons (Fsp3) is 0.0435. The molecule has 2 amide bonds. The molecule has 0 spiro atoms. The van der Waals surface area contributed by atoms with Gasteiger partial charge in [0.25, 0.3) is 0 Å². The van der Waals surface area contributed by atoms with Gasteiger partial charge >= 0.3 is 12.2 Å². The maximum absolute atomic E-state index is 14.3. The molecule has 0 aliphatic carbocycles. The van der Waals surface area contributed by atoms with Gasteiger partial charge in [0.2, 0.25) is 0 Å². The van der Waals surface area contributed by atoms with Crippen molar-refractivity contribution >= 4 is 28.4 Å². The summed E-state index contributed by atoms with van der Waals surface area (Å²) in [7, 11) is 0. The maximum atomic E-state index is 14.3. The molecule has 0 fully saturated rings. The van der Waals surface area contributed by atoms with Gasteiger partial charge in [0.05, 0.1) is 22.8 Å². The Morgan fingerprint density at radius 1 is 0.971 bits per heavy atom. The van der Waals surface area contributed by atoms with Gasteiger partial charge in [-0.15, -0.1) is 0 Å². The van der Waals surface area contributed by atoms with Gasteiger partial charge in [-0.3, -0.25) is 4.98 Å². The van der Waals surface area contributed by atoms with Crippen LogP contribution in [0.25, 0.3) is 11.0 Å². The molecule has 4 aromatic rings. The van der Waals surface area contributed by atoms with Crippen molar-refractivity contribution in [2.24, 2.45) is 0 Å². The largest absolute Gasteiger partial charge is 0.454 e. The van der Waals surface area contributed by atoms with E-state index >= 15 is 0 Å². The summed E-state index contributed by atoms with van der Waals surface area (Å²) in [5.74, 6) is -0.734. The van der Waals surface area contributed by atoms with Crippen molar-refractivity contribution in [2.45, 2.75) is 6.18 Å². The lowest BCUT2D eigenvalue weighted by molar-refractivity contribution is -0.137. The highest BCUT2D eigenvalue weighted by Crippen LogP contribution is 2.31. The Kier molecular flexibility index (Phi) is 5.97. The quantitative estimate of drug-likeness (QED) is 0.354. The van der Waals surface area contributed by atoms with E-state index < -0.39 is 23.6 Å². The zero-order chi connectivity index (χ0) is 24.3. The Hall–Kier alpha value is -4.72. The van der Waals surface area contributed by atoms with E-state index in [1.54, 1.807) is 6.07 Å². The van der Waals surface area contributed by atoms with Gasteiger partial charge in [-0.1, -0.05) is 6.07 Å². The molecule has 3 aromatic carbocycles. The van der Waals surface area contributed by atoms with Gasteiger partial charge in [0, 0.05) is 23.5 Å². The van der Waals surface area contributed by atoms with E-state index in [0.717, 1.165) is 24.3 Å². The summed E-state index contributed by atoms with van der Waals surface area (Å²) in [5, 5.41) is 13.7. The second kappa shape index (κ2) is 9.03. The Morgan fingerprint density at radius 2 is 1.74 bits per heavy atom. The summed E-state index contributed by atoms with van der Waals surface area (Å²) in [5.41, 5.74) is 0.131. The van der Waals surface area contributed by atoms with Crippen molar-refractivity contribution in [1.82, 2.24) is 9.97 Å². The van der Waals surface area contributed by atoms with Crippen LogP contribution in [0.15, 0.2) is 66.9 Å². The number of hydrogen-bond donors (Lipinski definition) is 2. The van der Waals surface area contributed by atoms with E-state index in [9.17, 15) is 22.4 Å². The smallest absolute Gasteiger partial charge is 0.416 e. The van der Waals surface area contributed by atoms with Crippen LogP contribution < -0.4 is 15.4 Å². The molecule has 1 heterocycles. The number of ether oxygens (including phenoxy) is 1. The molecule has 34 heavy (non-hydrogen) atoms. The highest BCUT2D eigenvalue weighted by Gasteiger charge is 2.30. The number of halogens is 4. The second-order valence-corrected chi connectivity index (χ2v) is 6.92. The monoisotopic (exact) mass is 467 g/mol. The number of nitriles is 1. The highest BCUT2D eigenvalue weighted by molar-refractivity contribution is 5.99. The van der Waals surface area contributed by atoms with Gasteiger partial charge in [-0.25, -0.2) is 14.2 Å². The summed E-state index contributed by atoms with van der Waals surface area (Å²) in [6, 6.07) is 13.3. The third-order valence-electron chi connectivity index (χ3n) is 4.49. The Balaban J connectivity index is 1.49. The number of nitrogens with zero attached hydrogens (tertiary/aromatic N) is 3. The molecule has 0 unspecified atom stereocenters. The first kappa shape index (κ1) is 22.5. The van der Waals surface area contributed by atoms with Crippen LogP contribution in [0.5, 0.6) is 11.5 Å². The second-order valence-electron chi connectivity index (χ2n) is 6.92. The van der Waals surface area contributed by atoms with E-state index in [-0.39, 0.29) is 28.6 Å². The third-order valence-corrected chi connectivity index (χ3v) is 4.49. The van der Waals surface area contributed by atoms with Gasteiger partial charge in [0.15, 0.2) is 17.3 Å². The fourth-order valence-corrected chi connectivity index (χ4v) is 2.96. The first-order valence-electron chi connectivity index (χ1n) is 9.61. The minimum atomic E-state index is -4.55. The van der Waals surface area contributed by atoms with Crippen LogP contribution in [0.1, 0.15) is 11.3 Å². The standard InChI is InChI=1S/C23H13F4N5O2/c24-18-6-4-15(32-22(33)31-14-3-1-2-13(8-14)23(25,26)27)9-21(18)34-17-5-7-19-20(10-17)30-16(11-28)12-29-19/h1-10,12H,(H2,31,32,33). The minimum absolute atomic E-state index is 0.0695. The average molecular weight is 467 g/mol. The van der Waals surface area contributed by atoms with Gasteiger partial charge in [-0.05, 0) is 42.5 Å². The number of benzene rings is 3. The van der Waals surface area contributed by atoms with E-state index in [1.165, 1.54) is 36.5 Å². The van der Waals surface area contributed by atoms with Crippen molar-refractivity contribution in [3.63, 3.8) is 0 Å². The normalized spacial score (nSPS) is 11.0. The molecule has 170 valence electrons. The number of rotatable bonds is 4. The van der Waals surface area contributed by atoms with E-state index in [1.807, 2.05) is 6.07 Å². The first-order chi connectivity index (χ1) is 16.2. The minimum Gasteiger partial charge on any atom is -0.454 e. The average Bonchev–Trinajstić information content (AvgIpc) is 2.80. The number of carbonyl (C=O) groups excluding carboxylic acids is 1. The fourth-order valence-electron chi connectivity index (χ4n) is 2.96. The third kappa shape index (κ3) is 5.18. The zero-order valence-corrected chi connectivity index (χ0v) is 17.0. The van der Waals surface area contributed by atoms with Crippen molar-refractivity contribution in [1.29, 1.82) is 5.26 Å². The number of urea groups is 1. The lowest BCUT2D eigenvalue weighted by Gasteiger charge is -2.12. The van der Waals surface area contributed by atoms with Gasteiger partial charge in [0.1, 0.15) is 11.8 Å². The molecular formula is C23H13F4N5O2. The molecule has 7 nitrogen and oxygen atoms in total. The number of anilines is 2. The molecule has 0 atom stereocenters. The molecule has 0 radical (unpaired) electrons. The van der Waals surface area contributed by atoms with Crippen LogP contribution in [0, 0.1) is 17.1 Å². The lowest BCUT2D eigenvalue weighted by Crippen LogP contribution is -2.19. The Bertz CT molecular complexity index is 1430. The molecule has 4 rings (SSSR count). The number of alkyl halides is 3. The number of carbonyl (C=O) groups is 1. The molecule has 0 saturated carbocycles. The molecule has 11 heteroatoms. The van der Waals surface area contributed by atoms with Crippen molar-refractivity contribution in [2.75, 3.05) is 10.6 Å². The van der Waals surface area contributed by atoms with Crippen LogP contribution >= 0.6 is 0 Å². The number of aromatic nitrogens is 2. The van der Waals surface area contributed by atoms with Crippen LogP contribution in [0.3, 0.4) is 0 Å². The summed E-state index contributed by atoms with van der Waals surface area (Å²) in [6.45, 7) is 0. The number of amides is 2. The van der Waals surface area contributed by atoms with Crippen molar-refractivity contribution in [3.05, 3.63) is 83.9 Å². The Morgan fingerprint density at radius 3 is 2.47 bits per heavy atom. The van der Waals surface area contributed by atoms with Crippen LogP contribution in [0.4, 0.5) is 33.7 Å². The van der Waals surface area contributed by atoms with E-state index in [4.69, 9.17) is 10.00 Å². The summed E-state index contributed by atoms with van der Waals surface area (Å²) < 4.78 is 58.4. The summed E-state index contributed by atoms with van der Waals surface area (Å²) in [6.07, 6.45) is -3.23. The van der Waals surface area contributed by atoms with Crippen molar-refractivity contribution in [3.8, 4) is 17.6 Å². The zero-order valence-electron chi connectivity index (χ0n) is 17.0. The predicted molar refractivity (Wildman–Crippen MR) is 115 cm³/mol.